The van der Waals surface area contributed by atoms with Gasteiger partial charge < -0.3 is 14.2 Å². The number of benzene rings is 2. The lowest BCUT2D eigenvalue weighted by Gasteiger charge is -2.12. The third kappa shape index (κ3) is 3.49. The van der Waals surface area contributed by atoms with Gasteiger partial charge in [-0.3, -0.25) is 4.99 Å². The number of halogens is 2. The molecule has 0 atom stereocenters. The lowest BCUT2D eigenvalue weighted by Crippen LogP contribution is -1.96. The van der Waals surface area contributed by atoms with Crippen molar-refractivity contribution in [3.8, 4) is 17.2 Å². The zero-order chi connectivity index (χ0) is 16.1. The smallest absolute Gasteiger partial charge is 0.203 e. The summed E-state index contributed by atoms with van der Waals surface area (Å²) in [7, 11) is 4.62. The number of hydrogen-bond donors (Lipinski definition) is 0. The zero-order valence-electron chi connectivity index (χ0n) is 12.4. The lowest BCUT2D eigenvalue weighted by molar-refractivity contribution is 0.324. The molecular formula is C16H15ClFNO3. The quantitative estimate of drug-likeness (QED) is 0.772. The highest BCUT2D eigenvalue weighted by Gasteiger charge is 2.12. The predicted molar refractivity (Wildman–Crippen MR) is 84.8 cm³/mol. The number of nitrogens with zero attached hydrogens (tertiary/aromatic N) is 1. The largest absolute Gasteiger partial charge is 0.493 e. The number of methoxy groups -OCH3 is 3. The molecule has 0 saturated heterocycles. The first-order valence-corrected chi connectivity index (χ1v) is 6.76. The fraction of sp³-hybridized carbons (Fsp3) is 0.188. The molecule has 6 heteroatoms. The van der Waals surface area contributed by atoms with Crippen molar-refractivity contribution in [1.82, 2.24) is 0 Å². The van der Waals surface area contributed by atoms with E-state index < -0.39 is 5.82 Å². The van der Waals surface area contributed by atoms with Crippen LogP contribution in [0.1, 0.15) is 5.56 Å². The zero-order valence-corrected chi connectivity index (χ0v) is 13.1. The average molecular weight is 324 g/mol. The van der Waals surface area contributed by atoms with Crippen LogP contribution in [0.25, 0.3) is 0 Å². The summed E-state index contributed by atoms with van der Waals surface area (Å²) in [6, 6.07) is 7.78. The van der Waals surface area contributed by atoms with Gasteiger partial charge in [-0.1, -0.05) is 11.6 Å². The van der Waals surface area contributed by atoms with Crippen molar-refractivity contribution in [1.29, 1.82) is 0 Å². The molecule has 22 heavy (non-hydrogen) atoms. The first-order chi connectivity index (χ1) is 10.6. The summed E-state index contributed by atoms with van der Waals surface area (Å²) in [4.78, 5) is 4.26. The van der Waals surface area contributed by atoms with Gasteiger partial charge in [-0.05, 0) is 30.3 Å². The Kier molecular flexibility index (Phi) is 5.22. The minimum Gasteiger partial charge on any atom is -0.493 e. The van der Waals surface area contributed by atoms with E-state index in [2.05, 4.69) is 4.99 Å². The maximum atomic E-state index is 13.1. The summed E-state index contributed by atoms with van der Waals surface area (Å²) in [5.74, 6) is 1.08. The fourth-order valence-corrected chi connectivity index (χ4v) is 2.07. The maximum Gasteiger partial charge on any atom is 0.203 e. The molecule has 0 radical (unpaired) electrons. The molecule has 0 amide bonds. The van der Waals surface area contributed by atoms with Gasteiger partial charge in [0.1, 0.15) is 5.82 Å². The molecule has 0 bridgehead atoms. The molecule has 0 aliphatic carbocycles. The van der Waals surface area contributed by atoms with Crippen LogP contribution in [-0.2, 0) is 0 Å². The van der Waals surface area contributed by atoms with Crippen molar-refractivity contribution in [2.75, 3.05) is 21.3 Å². The second-order valence-corrected chi connectivity index (χ2v) is 4.72. The topological polar surface area (TPSA) is 40.0 Å². The number of aliphatic imine (C=N–C) groups is 1. The van der Waals surface area contributed by atoms with E-state index in [9.17, 15) is 4.39 Å². The molecule has 0 unspecified atom stereocenters. The van der Waals surface area contributed by atoms with Crippen molar-refractivity contribution in [3.63, 3.8) is 0 Å². The molecule has 0 spiro atoms. The van der Waals surface area contributed by atoms with Crippen molar-refractivity contribution in [2.45, 2.75) is 0 Å². The standard InChI is InChI=1S/C16H15ClFNO3/c1-20-14-6-10(7-15(21-2)16(14)22-3)9-19-11-4-5-13(18)12(17)8-11/h4-9H,1-3H3. The Morgan fingerprint density at radius 1 is 1.00 bits per heavy atom. The van der Waals surface area contributed by atoms with Crippen LogP contribution in [0.2, 0.25) is 5.02 Å². The highest BCUT2D eigenvalue weighted by molar-refractivity contribution is 6.31. The van der Waals surface area contributed by atoms with E-state index in [0.29, 0.717) is 22.9 Å². The second-order valence-electron chi connectivity index (χ2n) is 4.32. The fourth-order valence-electron chi connectivity index (χ4n) is 1.89. The molecule has 0 N–H and O–H groups in total. The van der Waals surface area contributed by atoms with E-state index in [1.165, 1.54) is 39.5 Å². The normalized spacial score (nSPS) is 10.8. The van der Waals surface area contributed by atoms with Crippen LogP contribution < -0.4 is 14.2 Å². The molecule has 4 nitrogen and oxygen atoms in total. The third-order valence-corrected chi connectivity index (χ3v) is 3.24. The van der Waals surface area contributed by atoms with Crippen LogP contribution in [0.3, 0.4) is 0 Å². The summed E-state index contributed by atoms with van der Waals surface area (Å²) in [6.07, 6.45) is 1.61. The van der Waals surface area contributed by atoms with Crippen LogP contribution in [0.15, 0.2) is 35.3 Å². The van der Waals surface area contributed by atoms with Crippen LogP contribution in [0.5, 0.6) is 17.2 Å². The van der Waals surface area contributed by atoms with E-state index in [-0.39, 0.29) is 5.02 Å². The minimum atomic E-state index is -0.478. The van der Waals surface area contributed by atoms with Crippen LogP contribution in [0, 0.1) is 5.82 Å². The van der Waals surface area contributed by atoms with E-state index >= 15 is 0 Å². The van der Waals surface area contributed by atoms with Gasteiger partial charge in [-0.15, -0.1) is 0 Å². The molecule has 2 aromatic rings. The summed E-state index contributed by atoms with van der Waals surface area (Å²) in [6.45, 7) is 0. The highest BCUT2D eigenvalue weighted by Crippen LogP contribution is 2.37. The maximum absolute atomic E-state index is 13.1. The minimum absolute atomic E-state index is 0.0274. The first-order valence-electron chi connectivity index (χ1n) is 6.38. The van der Waals surface area contributed by atoms with Gasteiger partial charge >= 0.3 is 0 Å². The lowest BCUT2D eigenvalue weighted by atomic mass is 10.2. The Labute approximate surface area is 133 Å². The van der Waals surface area contributed by atoms with Crippen LogP contribution in [0.4, 0.5) is 10.1 Å². The van der Waals surface area contributed by atoms with Gasteiger partial charge in [0.15, 0.2) is 11.5 Å². The van der Waals surface area contributed by atoms with Gasteiger partial charge in [-0.2, -0.15) is 0 Å². The van der Waals surface area contributed by atoms with Gasteiger partial charge in [0.05, 0.1) is 32.0 Å². The van der Waals surface area contributed by atoms with Crippen molar-refractivity contribution < 1.29 is 18.6 Å². The van der Waals surface area contributed by atoms with Crippen molar-refractivity contribution in [3.05, 3.63) is 46.7 Å². The highest BCUT2D eigenvalue weighted by atomic mass is 35.5. The number of hydrogen-bond acceptors (Lipinski definition) is 4. The molecule has 0 fully saturated rings. The molecule has 0 heterocycles. The molecule has 0 saturated carbocycles. The Hall–Kier alpha value is -2.27. The first kappa shape index (κ1) is 16.1. The Balaban J connectivity index is 2.36. The number of ether oxygens (including phenoxy) is 3. The molecule has 2 aromatic carbocycles. The molecule has 116 valence electrons. The molecular weight excluding hydrogens is 309 g/mol. The van der Waals surface area contributed by atoms with Gasteiger partial charge in [0.25, 0.3) is 0 Å². The Morgan fingerprint density at radius 2 is 1.64 bits per heavy atom. The summed E-state index contributed by atoms with van der Waals surface area (Å²) < 4.78 is 28.9. The average Bonchev–Trinajstić information content (AvgIpc) is 2.54. The number of rotatable bonds is 5. The molecule has 0 aromatic heterocycles. The van der Waals surface area contributed by atoms with E-state index in [0.717, 1.165) is 5.56 Å². The van der Waals surface area contributed by atoms with Crippen molar-refractivity contribution in [2.24, 2.45) is 4.99 Å². The van der Waals surface area contributed by atoms with E-state index in [4.69, 9.17) is 25.8 Å². The summed E-state index contributed by atoms with van der Waals surface area (Å²) in [5, 5.41) is 0.0274. The summed E-state index contributed by atoms with van der Waals surface area (Å²) >= 11 is 5.73. The predicted octanol–water partition coefficient (Wildman–Crippen LogP) is 4.26. The van der Waals surface area contributed by atoms with E-state index in [1.54, 1.807) is 18.3 Å². The van der Waals surface area contributed by atoms with Gasteiger partial charge in [-0.25, -0.2) is 4.39 Å². The molecule has 0 aliphatic rings. The second kappa shape index (κ2) is 7.13. The van der Waals surface area contributed by atoms with Crippen LogP contribution >= 0.6 is 11.6 Å². The monoisotopic (exact) mass is 323 g/mol. The third-order valence-electron chi connectivity index (χ3n) is 2.95. The Bertz CT molecular complexity index is 679. The molecule has 0 aliphatic heterocycles. The van der Waals surface area contributed by atoms with Gasteiger partial charge in [0, 0.05) is 11.8 Å². The van der Waals surface area contributed by atoms with Crippen LogP contribution in [-0.4, -0.2) is 27.5 Å². The van der Waals surface area contributed by atoms with Crippen molar-refractivity contribution >= 4 is 23.5 Å². The SMILES string of the molecule is COc1cc(C=Nc2ccc(F)c(Cl)c2)cc(OC)c1OC. The Morgan fingerprint density at radius 3 is 2.14 bits per heavy atom. The van der Waals surface area contributed by atoms with E-state index in [1.807, 2.05) is 0 Å². The molecule has 2 rings (SSSR count). The van der Waals surface area contributed by atoms with Gasteiger partial charge in [0.2, 0.25) is 5.75 Å². The summed E-state index contributed by atoms with van der Waals surface area (Å²) in [5.41, 5.74) is 1.29.